The second kappa shape index (κ2) is 7.01. The third-order valence-electron chi connectivity index (χ3n) is 4.44. The van der Waals surface area contributed by atoms with E-state index in [2.05, 4.69) is 20.6 Å². The van der Waals surface area contributed by atoms with Gasteiger partial charge in [0.15, 0.2) is 0 Å². The molecule has 0 bridgehead atoms. The maximum atomic E-state index is 12.6. The van der Waals surface area contributed by atoms with Gasteiger partial charge < -0.3 is 20.9 Å². The summed E-state index contributed by atoms with van der Waals surface area (Å²) in [5, 5.41) is 4.67. The quantitative estimate of drug-likeness (QED) is 0.350. The van der Waals surface area contributed by atoms with Crippen molar-refractivity contribution in [3.8, 4) is 0 Å². The molecule has 5 N–H and O–H groups in total. The van der Waals surface area contributed by atoms with E-state index in [0.717, 1.165) is 5.69 Å². The van der Waals surface area contributed by atoms with Gasteiger partial charge in [-0.15, -0.1) is 0 Å². The number of hydrogen-bond donors (Lipinski definition) is 4. The van der Waals surface area contributed by atoms with Crippen molar-refractivity contribution in [3.63, 3.8) is 0 Å². The minimum atomic E-state index is -0.796. The molecular formula is C15H20N6O4. The average molecular weight is 348 g/mol. The van der Waals surface area contributed by atoms with Gasteiger partial charge >= 0.3 is 0 Å². The van der Waals surface area contributed by atoms with Gasteiger partial charge in [-0.1, -0.05) is 0 Å². The molecule has 25 heavy (non-hydrogen) atoms. The van der Waals surface area contributed by atoms with E-state index in [1.807, 2.05) is 0 Å². The highest BCUT2D eigenvalue weighted by molar-refractivity contribution is 6.06. The summed E-state index contributed by atoms with van der Waals surface area (Å²) in [6, 6.07) is -2.19. The van der Waals surface area contributed by atoms with Crippen LogP contribution in [0.2, 0.25) is 0 Å². The van der Waals surface area contributed by atoms with Crippen LogP contribution in [0.3, 0.4) is 0 Å². The van der Waals surface area contributed by atoms with Gasteiger partial charge in [-0.3, -0.25) is 24.5 Å². The number of β-lactam (4-membered cyclic amide) rings is 1. The van der Waals surface area contributed by atoms with Gasteiger partial charge in [0, 0.05) is 24.9 Å². The molecule has 0 saturated carbocycles. The van der Waals surface area contributed by atoms with Gasteiger partial charge in [-0.25, -0.2) is 4.98 Å². The molecule has 0 aromatic carbocycles. The Morgan fingerprint density at radius 1 is 1.40 bits per heavy atom. The van der Waals surface area contributed by atoms with Crippen molar-refractivity contribution in [1.82, 2.24) is 25.5 Å². The van der Waals surface area contributed by atoms with Crippen LogP contribution in [0.15, 0.2) is 12.5 Å². The maximum Gasteiger partial charge on any atom is 0.249 e. The summed E-state index contributed by atoms with van der Waals surface area (Å²) >= 11 is 0. The molecule has 4 amide bonds. The molecule has 3 heterocycles. The molecule has 0 spiro atoms. The van der Waals surface area contributed by atoms with Crippen molar-refractivity contribution in [3.05, 3.63) is 18.2 Å². The van der Waals surface area contributed by atoms with E-state index in [0.29, 0.717) is 19.4 Å². The van der Waals surface area contributed by atoms with Crippen LogP contribution in [-0.2, 0) is 25.6 Å². The summed E-state index contributed by atoms with van der Waals surface area (Å²) in [6.45, 7) is 0.419. The van der Waals surface area contributed by atoms with Gasteiger partial charge in [0.25, 0.3) is 0 Å². The molecule has 10 heteroatoms. The molecule has 0 radical (unpaired) electrons. The molecule has 1 aromatic rings. The zero-order valence-corrected chi connectivity index (χ0v) is 13.5. The molecule has 2 saturated heterocycles. The van der Waals surface area contributed by atoms with E-state index < -0.39 is 29.9 Å². The summed E-state index contributed by atoms with van der Waals surface area (Å²) in [7, 11) is 0. The number of imide groups is 1. The number of rotatable bonds is 5. The molecule has 10 nitrogen and oxygen atoms in total. The number of nitrogens with zero attached hydrogens (tertiary/aromatic N) is 2. The number of nitrogens with two attached hydrogens (primary N) is 1. The molecule has 3 rings (SSSR count). The predicted molar refractivity (Wildman–Crippen MR) is 84.7 cm³/mol. The van der Waals surface area contributed by atoms with Crippen molar-refractivity contribution in [2.45, 2.75) is 43.8 Å². The lowest BCUT2D eigenvalue weighted by atomic mass is 10.1. The minimum Gasteiger partial charge on any atom is -0.348 e. The van der Waals surface area contributed by atoms with Crippen molar-refractivity contribution >= 4 is 23.6 Å². The number of nitrogens with one attached hydrogen (secondary N) is 3. The van der Waals surface area contributed by atoms with Crippen LogP contribution < -0.4 is 16.4 Å². The predicted octanol–water partition coefficient (Wildman–Crippen LogP) is -2.20. The van der Waals surface area contributed by atoms with Crippen LogP contribution in [0.25, 0.3) is 0 Å². The van der Waals surface area contributed by atoms with Crippen molar-refractivity contribution in [2.75, 3.05) is 6.54 Å². The molecule has 2 aliphatic rings. The van der Waals surface area contributed by atoms with E-state index in [9.17, 15) is 19.2 Å². The molecule has 2 aliphatic heterocycles. The van der Waals surface area contributed by atoms with Gasteiger partial charge in [-0.05, 0) is 12.8 Å². The Morgan fingerprint density at radius 3 is 2.80 bits per heavy atom. The number of likely N-dealkylation sites (tertiary alicyclic amines) is 1. The van der Waals surface area contributed by atoms with Crippen LogP contribution in [-0.4, -0.2) is 63.2 Å². The number of carbonyl (C=O) groups is 4. The lowest BCUT2D eigenvalue weighted by molar-refractivity contribution is -0.144. The molecule has 0 unspecified atom stereocenters. The Labute approximate surface area is 143 Å². The van der Waals surface area contributed by atoms with Crippen molar-refractivity contribution < 1.29 is 19.2 Å². The van der Waals surface area contributed by atoms with Crippen molar-refractivity contribution in [2.24, 2.45) is 5.73 Å². The zero-order valence-electron chi connectivity index (χ0n) is 13.5. The van der Waals surface area contributed by atoms with E-state index in [1.165, 1.54) is 11.2 Å². The highest BCUT2D eigenvalue weighted by Gasteiger charge is 2.39. The standard InChI is InChI=1S/C15H20N6O4/c16-9(4-8-6-17-7-18-8)15(25)21-3-1-2-11(21)14(24)20-13(23)10-5-12(22)19-10/h6-7,9-11H,1-5,16H2,(H,17,18)(H,19,22)(H,20,23,24)/t9-,10-,11-/m0/s1. The number of amides is 4. The summed E-state index contributed by atoms with van der Waals surface area (Å²) < 4.78 is 0. The van der Waals surface area contributed by atoms with E-state index in [1.54, 1.807) is 6.20 Å². The first kappa shape index (κ1) is 17.1. The van der Waals surface area contributed by atoms with Gasteiger partial charge in [-0.2, -0.15) is 0 Å². The van der Waals surface area contributed by atoms with E-state index in [4.69, 9.17) is 5.73 Å². The van der Waals surface area contributed by atoms with Gasteiger partial charge in [0.1, 0.15) is 12.1 Å². The fourth-order valence-electron chi connectivity index (χ4n) is 3.05. The summed E-state index contributed by atoms with van der Waals surface area (Å²) in [5.74, 6) is -1.65. The normalized spacial score (nSPS) is 23.6. The number of H-pyrrole nitrogens is 1. The summed E-state index contributed by atoms with van der Waals surface area (Å²) in [4.78, 5) is 55.8. The smallest absolute Gasteiger partial charge is 0.249 e. The lowest BCUT2D eigenvalue weighted by Gasteiger charge is -2.28. The Bertz CT molecular complexity index is 680. The second-order valence-corrected chi connectivity index (χ2v) is 6.25. The van der Waals surface area contributed by atoms with Crippen LogP contribution in [0.1, 0.15) is 25.0 Å². The number of aromatic amines is 1. The minimum absolute atomic E-state index is 0.0709. The molecule has 134 valence electrons. The fourth-order valence-corrected chi connectivity index (χ4v) is 3.05. The van der Waals surface area contributed by atoms with Crippen LogP contribution >= 0.6 is 0 Å². The monoisotopic (exact) mass is 348 g/mol. The SMILES string of the molecule is N[C@@H](Cc1cnc[nH]1)C(=O)N1CCC[C@H]1C(=O)NC(=O)[C@@H]1CC(=O)N1. The first-order valence-corrected chi connectivity index (χ1v) is 8.13. The highest BCUT2D eigenvalue weighted by atomic mass is 16.2. The number of aromatic nitrogens is 2. The number of carbonyl (C=O) groups excluding carboxylic acids is 4. The largest absolute Gasteiger partial charge is 0.348 e. The maximum absolute atomic E-state index is 12.6. The Morgan fingerprint density at radius 2 is 2.16 bits per heavy atom. The highest BCUT2D eigenvalue weighted by Crippen LogP contribution is 2.19. The second-order valence-electron chi connectivity index (χ2n) is 6.25. The first-order valence-electron chi connectivity index (χ1n) is 8.13. The van der Waals surface area contributed by atoms with Gasteiger partial charge in [0.2, 0.25) is 23.6 Å². The molecule has 3 atom stereocenters. The van der Waals surface area contributed by atoms with E-state index >= 15 is 0 Å². The molecule has 2 fully saturated rings. The Kier molecular flexibility index (Phi) is 4.79. The molecule has 1 aromatic heterocycles. The first-order chi connectivity index (χ1) is 12.0. The van der Waals surface area contributed by atoms with Crippen molar-refractivity contribution in [1.29, 1.82) is 0 Å². The summed E-state index contributed by atoms with van der Waals surface area (Å²) in [6.07, 6.45) is 4.59. The summed E-state index contributed by atoms with van der Waals surface area (Å²) in [5.41, 5.74) is 6.69. The topological polar surface area (TPSA) is 150 Å². The average Bonchev–Trinajstić information content (AvgIpc) is 3.22. The van der Waals surface area contributed by atoms with Gasteiger partial charge in [0.05, 0.1) is 18.8 Å². The lowest BCUT2D eigenvalue weighted by Crippen LogP contribution is -2.60. The molecule has 0 aliphatic carbocycles. The van der Waals surface area contributed by atoms with Crippen LogP contribution in [0.5, 0.6) is 0 Å². The molecular weight excluding hydrogens is 328 g/mol. The number of hydrogen-bond acceptors (Lipinski definition) is 6. The van der Waals surface area contributed by atoms with Crippen LogP contribution in [0.4, 0.5) is 0 Å². The third-order valence-corrected chi connectivity index (χ3v) is 4.44. The Hall–Kier alpha value is -2.75. The van der Waals surface area contributed by atoms with E-state index in [-0.39, 0.29) is 24.7 Å². The zero-order chi connectivity index (χ0) is 18.0. The van der Waals surface area contributed by atoms with Crippen LogP contribution in [0, 0.1) is 0 Å². The fraction of sp³-hybridized carbons (Fsp3) is 0.533. The Balaban J connectivity index is 1.57. The number of imidazole rings is 1. The third kappa shape index (κ3) is 3.68.